The topological polar surface area (TPSA) is 35.2 Å². The van der Waals surface area contributed by atoms with Crippen molar-refractivity contribution in [3.8, 4) is 5.75 Å². The molecule has 3 unspecified atom stereocenters. The van der Waals surface area contributed by atoms with Crippen LogP contribution in [0.2, 0.25) is 0 Å². The Labute approximate surface area is 117 Å². The Morgan fingerprint density at radius 2 is 2.16 bits per heavy atom. The molecule has 0 bridgehead atoms. The molecule has 0 heterocycles. The fraction of sp³-hybridized carbons (Fsp3) is 0.647. The SMILES string of the molecule is CCCC1CCC(N)C(Cc2cccc(OC)c2)C1. The van der Waals surface area contributed by atoms with Crippen LogP contribution in [0.1, 0.15) is 44.6 Å². The maximum atomic E-state index is 6.32. The van der Waals surface area contributed by atoms with Gasteiger partial charge >= 0.3 is 0 Å². The Bertz CT molecular complexity index is 391. The van der Waals surface area contributed by atoms with Gasteiger partial charge < -0.3 is 10.5 Å². The fourth-order valence-corrected chi connectivity index (χ4v) is 3.39. The summed E-state index contributed by atoms with van der Waals surface area (Å²) in [6, 6.07) is 8.80. The van der Waals surface area contributed by atoms with Crippen molar-refractivity contribution in [2.45, 2.75) is 51.5 Å². The second-order valence-electron chi connectivity index (χ2n) is 5.95. The molecule has 0 saturated heterocycles. The Kier molecular flexibility index (Phi) is 5.26. The molecule has 2 heteroatoms. The van der Waals surface area contributed by atoms with Gasteiger partial charge in [0, 0.05) is 6.04 Å². The van der Waals surface area contributed by atoms with Crippen molar-refractivity contribution in [3.05, 3.63) is 29.8 Å². The predicted octanol–water partition coefficient (Wildman–Crippen LogP) is 3.78. The first-order valence-corrected chi connectivity index (χ1v) is 7.61. The van der Waals surface area contributed by atoms with Gasteiger partial charge in [-0.3, -0.25) is 0 Å². The highest BCUT2D eigenvalue weighted by Gasteiger charge is 2.27. The molecule has 1 aromatic carbocycles. The zero-order valence-corrected chi connectivity index (χ0v) is 12.3. The largest absolute Gasteiger partial charge is 0.497 e. The highest BCUT2D eigenvalue weighted by molar-refractivity contribution is 5.28. The van der Waals surface area contributed by atoms with Gasteiger partial charge in [0.1, 0.15) is 5.75 Å². The molecular formula is C17H27NO. The Morgan fingerprint density at radius 3 is 2.89 bits per heavy atom. The minimum Gasteiger partial charge on any atom is -0.497 e. The molecule has 0 spiro atoms. The van der Waals surface area contributed by atoms with E-state index < -0.39 is 0 Å². The summed E-state index contributed by atoms with van der Waals surface area (Å²) in [6.07, 6.45) is 7.57. The lowest BCUT2D eigenvalue weighted by Gasteiger charge is -2.34. The Morgan fingerprint density at radius 1 is 1.32 bits per heavy atom. The summed E-state index contributed by atoms with van der Waals surface area (Å²) >= 11 is 0. The number of methoxy groups -OCH3 is 1. The first-order chi connectivity index (χ1) is 9.22. The summed E-state index contributed by atoms with van der Waals surface area (Å²) in [5.74, 6) is 2.48. The molecule has 1 aliphatic rings. The molecule has 0 aliphatic heterocycles. The van der Waals surface area contributed by atoms with E-state index in [-0.39, 0.29) is 0 Å². The number of ether oxygens (including phenoxy) is 1. The molecule has 1 aromatic rings. The van der Waals surface area contributed by atoms with E-state index in [2.05, 4.69) is 25.1 Å². The molecule has 1 saturated carbocycles. The van der Waals surface area contributed by atoms with Crippen LogP contribution in [-0.2, 0) is 6.42 Å². The quantitative estimate of drug-likeness (QED) is 0.875. The smallest absolute Gasteiger partial charge is 0.119 e. The van der Waals surface area contributed by atoms with Crippen molar-refractivity contribution in [1.82, 2.24) is 0 Å². The van der Waals surface area contributed by atoms with Gasteiger partial charge in [-0.25, -0.2) is 0 Å². The summed E-state index contributed by atoms with van der Waals surface area (Å²) in [5, 5.41) is 0. The van der Waals surface area contributed by atoms with Crippen molar-refractivity contribution in [2.75, 3.05) is 7.11 Å². The van der Waals surface area contributed by atoms with E-state index in [1.54, 1.807) is 7.11 Å². The van der Waals surface area contributed by atoms with Gasteiger partial charge in [0.15, 0.2) is 0 Å². The summed E-state index contributed by atoms with van der Waals surface area (Å²) in [6.45, 7) is 2.28. The lowest BCUT2D eigenvalue weighted by molar-refractivity contribution is 0.221. The molecule has 0 aromatic heterocycles. The Balaban J connectivity index is 1.99. The molecule has 2 N–H and O–H groups in total. The third-order valence-corrected chi connectivity index (χ3v) is 4.48. The van der Waals surface area contributed by atoms with Crippen LogP contribution < -0.4 is 10.5 Å². The van der Waals surface area contributed by atoms with Crippen LogP contribution >= 0.6 is 0 Å². The van der Waals surface area contributed by atoms with Crippen LogP contribution in [-0.4, -0.2) is 13.2 Å². The van der Waals surface area contributed by atoms with Gasteiger partial charge in [0.05, 0.1) is 7.11 Å². The monoisotopic (exact) mass is 261 g/mol. The summed E-state index contributed by atoms with van der Waals surface area (Å²) < 4.78 is 5.30. The average molecular weight is 261 g/mol. The number of rotatable bonds is 5. The lowest BCUT2D eigenvalue weighted by atomic mass is 9.74. The third-order valence-electron chi connectivity index (χ3n) is 4.48. The lowest BCUT2D eigenvalue weighted by Crippen LogP contribution is -2.37. The predicted molar refractivity (Wildman–Crippen MR) is 80.4 cm³/mol. The first kappa shape index (κ1) is 14.4. The minimum absolute atomic E-state index is 0.374. The van der Waals surface area contributed by atoms with Crippen molar-refractivity contribution >= 4 is 0 Å². The van der Waals surface area contributed by atoms with Gasteiger partial charge in [0.2, 0.25) is 0 Å². The maximum absolute atomic E-state index is 6.32. The van der Waals surface area contributed by atoms with E-state index in [1.165, 1.54) is 37.7 Å². The molecule has 2 nitrogen and oxygen atoms in total. The standard InChI is InChI=1S/C17H27NO/c1-3-5-13-8-9-17(18)15(10-13)11-14-6-4-7-16(12-14)19-2/h4,6-7,12-13,15,17H,3,5,8-11,18H2,1-2H3. The number of hydrogen-bond donors (Lipinski definition) is 1. The molecule has 19 heavy (non-hydrogen) atoms. The fourth-order valence-electron chi connectivity index (χ4n) is 3.39. The van der Waals surface area contributed by atoms with Crippen LogP contribution in [0.15, 0.2) is 24.3 Å². The van der Waals surface area contributed by atoms with E-state index in [4.69, 9.17) is 10.5 Å². The molecule has 106 valence electrons. The first-order valence-electron chi connectivity index (χ1n) is 7.61. The van der Waals surface area contributed by atoms with Crippen molar-refractivity contribution < 1.29 is 4.74 Å². The highest BCUT2D eigenvalue weighted by Crippen LogP contribution is 2.33. The molecule has 0 amide bonds. The van der Waals surface area contributed by atoms with E-state index in [1.807, 2.05) is 6.07 Å². The Hall–Kier alpha value is -1.02. The van der Waals surface area contributed by atoms with Crippen LogP contribution in [0.4, 0.5) is 0 Å². The molecule has 0 radical (unpaired) electrons. The van der Waals surface area contributed by atoms with E-state index in [0.717, 1.165) is 18.1 Å². The van der Waals surface area contributed by atoms with Crippen LogP contribution in [0.5, 0.6) is 5.75 Å². The highest BCUT2D eigenvalue weighted by atomic mass is 16.5. The van der Waals surface area contributed by atoms with E-state index in [0.29, 0.717) is 12.0 Å². The zero-order valence-electron chi connectivity index (χ0n) is 12.3. The molecule has 1 fully saturated rings. The minimum atomic E-state index is 0.374. The van der Waals surface area contributed by atoms with Crippen molar-refractivity contribution in [2.24, 2.45) is 17.6 Å². The third kappa shape index (κ3) is 3.97. The second kappa shape index (κ2) is 6.95. The number of hydrogen-bond acceptors (Lipinski definition) is 2. The summed E-state index contributed by atoms with van der Waals surface area (Å²) in [7, 11) is 1.72. The molecular weight excluding hydrogens is 234 g/mol. The van der Waals surface area contributed by atoms with Crippen molar-refractivity contribution in [1.29, 1.82) is 0 Å². The van der Waals surface area contributed by atoms with Crippen LogP contribution in [0, 0.1) is 11.8 Å². The van der Waals surface area contributed by atoms with Gasteiger partial charge in [-0.2, -0.15) is 0 Å². The average Bonchev–Trinajstić information content (AvgIpc) is 2.43. The molecule has 2 rings (SSSR count). The van der Waals surface area contributed by atoms with Crippen LogP contribution in [0.25, 0.3) is 0 Å². The van der Waals surface area contributed by atoms with Gasteiger partial charge in [0.25, 0.3) is 0 Å². The number of benzene rings is 1. The normalized spacial score (nSPS) is 27.2. The molecule has 3 atom stereocenters. The van der Waals surface area contributed by atoms with E-state index >= 15 is 0 Å². The van der Waals surface area contributed by atoms with Gasteiger partial charge in [-0.05, 0) is 55.2 Å². The van der Waals surface area contributed by atoms with Gasteiger partial charge in [-0.15, -0.1) is 0 Å². The molecule has 1 aliphatic carbocycles. The van der Waals surface area contributed by atoms with E-state index in [9.17, 15) is 0 Å². The second-order valence-corrected chi connectivity index (χ2v) is 5.95. The summed E-state index contributed by atoms with van der Waals surface area (Å²) in [5.41, 5.74) is 7.68. The van der Waals surface area contributed by atoms with Crippen molar-refractivity contribution in [3.63, 3.8) is 0 Å². The zero-order chi connectivity index (χ0) is 13.7. The van der Waals surface area contributed by atoms with Gasteiger partial charge in [-0.1, -0.05) is 31.9 Å². The number of nitrogens with two attached hydrogens (primary N) is 1. The maximum Gasteiger partial charge on any atom is 0.119 e. The van der Waals surface area contributed by atoms with Crippen LogP contribution in [0.3, 0.4) is 0 Å². The summed E-state index contributed by atoms with van der Waals surface area (Å²) in [4.78, 5) is 0.